The van der Waals surface area contributed by atoms with Crippen molar-refractivity contribution >= 4 is 42.3 Å². The van der Waals surface area contributed by atoms with Crippen molar-refractivity contribution in [2.75, 3.05) is 0 Å². The summed E-state index contributed by atoms with van der Waals surface area (Å²) in [5.41, 5.74) is -0.556. The number of hydrogen-bond donors (Lipinski definition) is 0. The van der Waals surface area contributed by atoms with Crippen LogP contribution in [-0.4, -0.2) is 19.8 Å². The molecule has 18 heavy (non-hydrogen) atoms. The van der Waals surface area contributed by atoms with Gasteiger partial charge in [0.05, 0.1) is 9.13 Å². The van der Waals surface area contributed by atoms with E-state index in [1.54, 1.807) is 0 Å². The summed E-state index contributed by atoms with van der Waals surface area (Å²) in [6.07, 6.45) is -4.28. The van der Waals surface area contributed by atoms with Crippen molar-refractivity contribution in [1.29, 1.82) is 5.26 Å². The van der Waals surface area contributed by atoms with E-state index in [4.69, 9.17) is 15.9 Å². The first-order chi connectivity index (χ1) is 8.06. The van der Waals surface area contributed by atoms with Crippen LogP contribution in [0.2, 0.25) is 0 Å². The van der Waals surface area contributed by atoms with Crippen LogP contribution in [0.1, 0.15) is 5.56 Å². The van der Waals surface area contributed by atoms with Crippen molar-refractivity contribution in [1.82, 2.24) is 4.98 Å². The fourth-order valence-electron chi connectivity index (χ4n) is 0.967. The number of aromatic nitrogens is 1. The molecule has 0 saturated heterocycles. The van der Waals surface area contributed by atoms with Crippen molar-refractivity contribution < 1.29 is 26.3 Å². The second-order valence-electron chi connectivity index (χ2n) is 2.71. The summed E-state index contributed by atoms with van der Waals surface area (Å²) in [6, 6.07) is 1.44. The van der Waals surface area contributed by atoms with Gasteiger partial charge in [-0.05, 0) is 22.6 Å². The van der Waals surface area contributed by atoms with E-state index in [2.05, 4.69) is 9.72 Å². The van der Waals surface area contributed by atoms with Gasteiger partial charge in [-0.15, -0.1) is 13.2 Å². The molecule has 0 radical (unpaired) electrons. The molecule has 0 aromatic carbocycles. The van der Waals surface area contributed by atoms with Crippen LogP contribution < -0.4 is 4.74 Å². The predicted molar refractivity (Wildman–Crippen MR) is 61.4 cm³/mol. The van der Waals surface area contributed by atoms with Crippen molar-refractivity contribution in [2.24, 2.45) is 0 Å². The van der Waals surface area contributed by atoms with Crippen molar-refractivity contribution in [3.8, 4) is 11.9 Å². The topological polar surface area (TPSA) is 80.0 Å². The molecule has 11 heteroatoms. The van der Waals surface area contributed by atoms with Gasteiger partial charge < -0.3 is 4.74 Å². The summed E-state index contributed by atoms with van der Waals surface area (Å²) >= 11 is 1.54. The quantitative estimate of drug-likeness (QED) is 0.550. The van der Waals surface area contributed by atoms with Gasteiger partial charge in [0, 0.05) is 16.9 Å². The minimum Gasteiger partial charge on any atom is -0.386 e. The van der Waals surface area contributed by atoms with Crippen LogP contribution in [-0.2, 0) is 9.05 Å². The number of ether oxygens (including phenoxy) is 1. The summed E-state index contributed by atoms with van der Waals surface area (Å²) < 4.78 is 62.0. The third-order valence-corrected chi connectivity index (χ3v) is 3.67. The van der Waals surface area contributed by atoms with Crippen LogP contribution in [0.25, 0.3) is 0 Å². The maximum atomic E-state index is 12.1. The molecular formula is C7HClF3IN2O3S. The summed E-state index contributed by atoms with van der Waals surface area (Å²) in [5.74, 6) is -1.28. The molecule has 0 aliphatic heterocycles. The number of halogens is 5. The number of rotatable bonds is 2. The minimum atomic E-state index is -5.15. The van der Waals surface area contributed by atoms with E-state index in [-0.39, 0.29) is 3.57 Å². The van der Waals surface area contributed by atoms with Gasteiger partial charge in [-0.2, -0.15) is 5.26 Å². The molecule has 1 aromatic heterocycles. The number of nitrogens with zero attached hydrogens (tertiary/aromatic N) is 2. The molecule has 0 N–H and O–H groups in total. The Morgan fingerprint density at radius 1 is 1.50 bits per heavy atom. The highest BCUT2D eigenvalue weighted by molar-refractivity contribution is 14.1. The Bertz CT molecular complexity index is 626. The van der Waals surface area contributed by atoms with E-state index in [1.165, 1.54) is 28.7 Å². The van der Waals surface area contributed by atoms with Crippen LogP contribution in [0.4, 0.5) is 13.2 Å². The highest BCUT2D eigenvalue weighted by Crippen LogP contribution is 2.33. The van der Waals surface area contributed by atoms with Crippen molar-refractivity contribution in [2.45, 2.75) is 11.3 Å². The smallest absolute Gasteiger partial charge is 0.386 e. The summed E-state index contributed by atoms with van der Waals surface area (Å²) in [5, 5.41) is 8.74. The fraction of sp³-hybridized carbons (Fsp3) is 0.143. The van der Waals surface area contributed by atoms with Gasteiger partial charge in [0.15, 0.2) is 4.90 Å². The Hall–Kier alpha value is -0.800. The SMILES string of the molecule is N#Cc1c(I)cnc(OC(F)(F)F)c1S(=O)(=O)Cl. The Labute approximate surface area is 117 Å². The molecule has 0 aliphatic rings. The Morgan fingerprint density at radius 3 is 2.44 bits per heavy atom. The van der Waals surface area contributed by atoms with E-state index in [9.17, 15) is 21.6 Å². The number of nitriles is 1. The molecule has 0 unspecified atom stereocenters. The number of alkyl halides is 3. The first kappa shape index (κ1) is 15.3. The lowest BCUT2D eigenvalue weighted by Gasteiger charge is -2.11. The molecule has 0 saturated carbocycles. The molecule has 0 spiro atoms. The predicted octanol–water partition coefficient (Wildman–Crippen LogP) is 2.38. The minimum absolute atomic E-state index is 0.0313. The molecule has 1 heterocycles. The normalized spacial score (nSPS) is 12.0. The molecule has 0 fully saturated rings. The van der Waals surface area contributed by atoms with E-state index in [1.807, 2.05) is 0 Å². The molecule has 0 aliphatic carbocycles. The van der Waals surface area contributed by atoms with Gasteiger partial charge >= 0.3 is 6.36 Å². The molecule has 98 valence electrons. The fourth-order valence-corrected chi connectivity index (χ4v) is 2.81. The van der Waals surface area contributed by atoms with Crippen LogP contribution in [0.15, 0.2) is 11.1 Å². The number of pyridine rings is 1. The van der Waals surface area contributed by atoms with Gasteiger partial charge in [-0.1, -0.05) is 0 Å². The van der Waals surface area contributed by atoms with Crippen LogP contribution in [0.3, 0.4) is 0 Å². The zero-order valence-electron chi connectivity index (χ0n) is 7.99. The van der Waals surface area contributed by atoms with E-state index in [0.29, 0.717) is 0 Å². The van der Waals surface area contributed by atoms with Gasteiger partial charge in [-0.3, -0.25) is 0 Å². The van der Waals surface area contributed by atoms with Gasteiger partial charge in [0.2, 0.25) is 5.88 Å². The summed E-state index contributed by atoms with van der Waals surface area (Å²) in [6.45, 7) is 0. The average molecular weight is 413 g/mol. The zero-order chi connectivity index (χ0) is 14.1. The van der Waals surface area contributed by atoms with Crippen molar-refractivity contribution in [3.05, 3.63) is 15.3 Å². The molecule has 0 atom stereocenters. The summed E-state index contributed by atoms with van der Waals surface area (Å²) in [7, 11) is 0.365. The highest BCUT2D eigenvalue weighted by Gasteiger charge is 2.36. The Morgan fingerprint density at radius 2 is 2.06 bits per heavy atom. The largest absolute Gasteiger partial charge is 0.574 e. The molecule has 5 nitrogen and oxygen atoms in total. The van der Waals surface area contributed by atoms with Crippen molar-refractivity contribution in [3.63, 3.8) is 0 Å². The van der Waals surface area contributed by atoms with E-state index >= 15 is 0 Å². The van der Waals surface area contributed by atoms with Crippen LogP contribution in [0.5, 0.6) is 5.88 Å². The van der Waals surface area contributed by atoms with Crippen LogP contribution >= 0.6 is 33.3 Å². The average Bonchev–Trinajstić information content (AvgIpc) is 2.16. The molecule has 1 rings (SSSR count). The lowest BCUT2D eigenvalue weighted by molar-refractivity contribution is -0.277. The maximum absolute atomic E-state index is 12.1. The lowest BCUT2D eigenvalue weighted by atomic mass is 10.3. The monoisotopic (exact) mass is 412 g/mol. The Balaban J connectivity index is 3.61. The van der Waals surface area contributed by atoms with Crippen LogP contribution in [0, 0.1) is 14.9 Å². The molecule has 1 aromatic rings. The molecule has 0 bridgehead atoms. The zero-order valence-corrected chi connectivity index (χ0v) is 11.7. The van der Waals surface area contributed by atoms with Gasteiger partial charge in [0.1, 0.15) is 6.07 Å². The maximum Gasteiger partial charge on any atom is 0.574 e. The van der Waals surface area contributed by atoms with Gasteiger partial charge in [-0.25, -0.2) is 13.4 Å². The second-order valence-corrected chi connectivity index (χ2v) is 6.38. The second kappa shape index (κ2) is 5.06. The third kappa shape index (κ3) is 3.59. The summed E-state index contributed by atoms with van der Waals surface area (Å²) in [4.78, 5) is 2.07. The highest BCUT2D eigenvalue weighted by atomic mass is 127. The number of hydrogen-bond acceptors (Lipinski definition) is 5. The first-order valence-electron chi connectivity index (χ1n) is 3.85. The Kier molecular flexibility index (Phi) is 4.29. The van der Waals surface area contributed by atoms with E-state index in [0.717, 1.165) is 6.20 Å². The van der Waals surface area contributed by atoms with E-state index < -0.39 is 31.8 Å². The first-order valence-corrected chi connectivity index (χ1v) is 7.24. The van der Waals surface area contributed by atoms with Gasteiger partial charge in [0.25, 0.3) is 9.05 Å². The molecule has 0 amide bonds. The third-order valence-electron chi connectivity index (χ3n) is 1.52. The lowest BCUT2D eigenvalue weighted by Crippen LogP contribution is -2.20. The standard InChI is InChI=1S/C7HClF3IN2O3S/c8-18(15,16)5-3(1-13)4(12)2-14-6(5)17-7(9,10)11/h2H. The molecular weight excluding hydrogens is 412 g/mol.